The van der Waals surface area contributed by atoms with E-state index in [9.17, 15) is 4.79 Å². The molecule has 35 heavy (non-hydrogen) atoms. The molecule has 2 aromatic carbocycles. The van der Waals surface area contributed by atoms with Crippen LogP contribution in [0.3, 0.4) is 0 Å². The van der Waals surface area contributed by atoms with Crippen molar-refractivity contribution >= 4 is 11.9 Å². The van der Waals surface area contributed by atoms with Crippen molar-refractivity contribution in [1.29, 1.82) is 0 Å². The normalized spacial score (nSPS) is 16.0. The van der Waals surface area contributed by atoms with Gasteiger partial charge < -0.3 is 14.7 Å². The summed E-state index contributed by atoms with van der Waals surface area (Å²) in [6.45, 7) is 7.12. The van der Waals surface area contributed by atoms with E-state index >= 15 is 0 Å². The summed E-state index contributed by atoms with van der Waals surface area (Å²) >= 11 is 0. The van der Waals surface area contributed by atoms with Gasteiger partial charge in [0.15, 0.2) is 0 Å². The number of carboxylic acids is 1. The molecule has 6 heteroatoms. The Bertz CT molecular complexity index is 1090. The van der Waals surface area contributed by atoms with Crippen LogP contribution in [0.5, 0.6) is 5.75 Å². The van der Waals surface area contributed by atoms with E-state index < -0.39 is 5.97 Å². The molecule has 0 spiro atoms. The summed E-state index contributed by atoms with van der Waals surface area (Å²) in [6.07, 6.45) is 8.12. The van der Waals surface area contributed by atoms with E-state index in [0.717, 1.165) is 67.2 Å². The standard InChI is InChI=1S/C29H35N3O3/c1-3-22(2)29(14-17-35-26-11-7-8-23(18-26)19-27(33)34)12-15-32(16-13-29)28-30-20-25(21-31-28)24-9-5-4-6-10-24/h4-11,18,20-22H,3,12-17,19H2,1-2H3,(H,33,34). The highest BCUT2D eigenvalue weighted by Crippen LogP contribution is 2.44. The molecule has 3 aromatic rings. The number of hydrogen-bond donors (Lipinski definition) is 1. The Labute approximate surface area is 208 Å². The lowest BCUT2D eigenvalue weighted by atomic mass is 9.66. The highest BCUT2D eigenvalue weighted by atomic mass is 16.5. The van der Waals surface area contributed by atoms with Crippen molar-refractivity contribution in [2.75, 3.05) is 24.6 Å². The van der Waals surface area contributed by atoms with Gasteiger partial charge in [0.25, 0.3) is 0 Å². The van der Waals surface area contributed by atoms with Crippen LogP contribution in [0.15, 0.2) is 67.0 Å². The van der Waals surface area contributed by atoms with Gasteiger partial charge in [0.05, 0.1) is 13.0 Å². The van der Waals surface area contributed by atoms with Crippen molar-refractivity contribution in [3.05, 3.63) is 72.6 Å². The predicted octanol–water partition coefficient (Wildman–Crippen LogP) is 5.87. The zero-order valence-corrected chi connectivity index (χ0v) is 20.7. The number of piperidine rings is 1. The summed E-state index contributed by atoms with van der Waals surface area (Å²) in [7, 11) is 0. The number of nitrogens with zero attached hydrogens (tertiary/aromatic N) is 3. The molecular formula is C29H35N3O3. The van der Waals surface area contributed by atoms with Crippen molar-refractivity contribution in [2.24, 2.45) is 11.3 Å². The Balaban J connectivity index is 1.36. The van der Waals surface area contributed by atoms with Crippen LogP contribution < -0.4 is 9.64 Å². The van der Waals surface area contributed by atoms with E-state index in [0.29, 0.717) is 12.5 Å². The summed E-state index contributed by atoms with van der Waals surface area (Å²) in [5.74, 6) is 1.30. The number of carboxylic acid groups (broad SMARTS) is 1. The molecule has 6 nitrogen and oxygen atoms in total. The lowest BCUT2D eigenvalue weighted by Gasteiger charge is -2.45. The van der Waals surface area contributed by atoms with Crippen LogP contribution in [0.4, 0.5) is 5.95 Å². The highest BCUT2D eigenvalue weighted by Gasteiger charge is 2.39. The summed E-state index contributed by atoms with van der Waals surface area (Å²) < 4.78 is 6.09. The van der Waals surface area contributed by atoms with Gasteiger partial charge >= 0.3 is 5.97 Å². The van der Waals surface area contributed by atoms with Gasteiger partial charge in [-0.1, -0.05) is 62.7 Å². The van der Waals surface area contributed by atoms with Crippen LogP contribution in [0.2, 0.25) is 0 Å². The van der Waals surface area contributed by atoms with E-state index in [4.69, 9.17) is 9.84 Å². The minimum absolute atomic E-state index is 0.0121. The number of anilines is 1. The number of benzene rings is 2. The van der Waals surface area contributed by atoms with Crippen LogP contribution >= 0.6 is 0 Å². The van der Waals surface area contributed by atoms with E-state index in [-0.39, 0.29) is 11.8 Å². The van der Waals surface area contributed by atoms with Gasteiger partial charge in [0.1, 0.15) is 5.75 Å². The quantitative estimate of drug-likeness (QED) is 0.397. The number of hydrogen-bond acceptors (Lipinski definition) is 5. The summed E-state index contributed by atoms with van der Waals surface area (Å²) in [5.41, 5.74) is 3.14. The highest BCUT2D eigenvalue weighted by molar-refractivity contribution is 5.70. The topological polar surface area (TPSA) is 75.6 Å². The van der Waals surface area contributed by atoms with Gasteiger partial charge in [-0.2, -0.15) is 0 Å². The molecule has 1 aliphatic heterocycles. The van der Waals surface area contributed by atoms with Crippen LogP contribution in [-0.2, 0) is 11.2 Å². The van der Waals surface area contributed by atoms with Crippen LogP contribution in [0.25, 0.3) is 11.1 Å². The van der Waals surface area contributed by atoms with Crippen molar-refractivity contribution < 1.29 is 14.6 Å². The molecule has 1 fully saturated rings. The minimum atomic E-state index is -0.830. The molecule has 0 bridgehead atoms. The maximum Gasteiger partial charge on any atom is 0.307 e. The lowest BCUT2D eigenvalue weighted by Crippen LogP contribution is -2.44. The van der Waals surface area contributed by atoms with Crippen LogP contribution in [0, 0.1) is 11.3 Å². The van der Waals surface area contributed by atoms with E-state index in [1.54, 1.807) is 0 Å². The number of aromatic nitrogens is 2. The van der Waals surface area contributed by atoms with E-state index in [1.807, 2.05) is 54.9 Å². The fourth-order valence-electron chi connectivity index (χ4n) is 5.13. The second-order valence-electron chi connectivity index (χ2n) is 9.61. The van der Waals surface area contributed by atoms with Crippen molar-refractivity contribution in [2.45, 2.75) is 46.0 Å². The summed E-state index contributed by atoms with van der Waals surface area (Å²) in [6, 6.07) is 17.6. The average molecular weight is 474 g/mol. The molecule has 0 saturated carbocycles. The number of ether oxygens (including phenoxy) is 1. The number of aliphatic carboxylic acids is 1. The maximum absolute atomic E-state index is 11.0. The molecule has 1 unspecified atom stereocenters. The average Bonchev–Trinajstić information content (AvgIpc) is 2.89. The third-order valence-electron chi connectivity index (χ3n) is 7.57. The molecule has 0 radical (unpaired) electrons. The Morgan fingerprint density at radius 2 is 1.77 bits per heavy atom. The molecule has 1 saturated heterocycles. The van der Waals surface area contributed by atoms with Gasteiger partial charge in [-0.25, -0.2) is 9.97 Å². The molecule has 1 atom stereocenters. The first-order chi connectivity index (χ1) is 17.0. The van der Waals surface area contributed by atoms with Gasteiger partial charge in [-0.15, -0.1) is 0 Å². The Hall–Kier alpha value is -3.41. The van der Waals surface area contributed by atoms with E-state index in [2.05, 4.69) is 40.8 Å². The zero-order chi connectivity index (χ0) is 24.7. The predicted molar refractivity (Wildman–Crippen MR) is 139 cm³/mol. The zero-order valence-electron chi connectivity index (χ0n) is 20.7. The molecule has 184 valence electrons. The second-order valence-corrected chi connectivity index (χ2v) is 9.61. The fraction of sp³-hybridized carbons (Fsp3) is 0.414. The largest absolute Gasteiger partial charge is 0.494 e. The number of rotatable bonds is 10. The third-order valence-corrected chi connectivity index (χ3v) is 7.57. The Morgan fingerprint density at radius 3 is 2.43 bits per heavy atom. The Kier molecular flexibility index (Phi) is 8.01. The molecular weight excluding hydrogens is 438 g/mol. The minimum Gasteiger partial charge on any atom is -0.494 e. The first-order valence-corrected chi connectivity index (χ1v) is 12.5. The van der Waals surface area contributed by atoms with Crippen molar-refractivity contribution in [3.8, 4) is 16.9 Å². The first-order valence-electron chi connectivity index (χ1n) is 12.5. The molecule has 1 aromatic heterocycles. The molecule has 1 N–H and O–H groups in total. The molecule has 4 rings (SSSR count). The second kappa shape index (κ2) is 11.3. The maximum atomic E-state index is 11.0. The van der Waals surface area contributed by atoms with Gasteiger partial charge in [-0.3, -0.25) is 4.79 Å². The third kappa shape index (κ3) is 6.18. The summed E-state index contributed by atoms with van der Waals surface area (Å²) in [5, 5.41) is 9.04. The van der Waals surface area contributed by atoms with Gasteiger partial charge in [0, 0.05) is 31.0 Å². The van der Waals surface area contributed by atoms with Crippen molar-refractivity contribution in [1.82, 2.24) is 9.97 Å². The molecule has 2 heterocycles. The van der Waals surface area contributed by atoms with Crippen LogP contribution in [0.1, 0.15) is 45.1 Å². The smallest absolute Gasteiger partial charge is 0.307 e. The monoisotopic (exact) mass is 473 g/mol. The summed E-state index contributed by atoms with van der Waals surface area (Å²) in [4.78, 5) is 22.6. The van der Waals surface area contributed by atoms with Crippen LogP contribution in [-0.4, -0.2) is 40.7 Å². The molecule has 0 aliphatic carbocycles. The number of carbonyl (C=O) groups is 1. The van der Waals surface area contributed by atoms with Gasteiger partial charge in [0.2, 0.25) is 5.95 Å². The van der Waals surface area contributed by atoms with Gasteiger partial charge in [-0.05, 0) is 53.9 Å². The fourth-order valence-corrected chi connectivity index (χ4v) is 5.13. The lowest BCUT2D eigenvalue weighted by molar-refractivity contribution is -0.136. The van der Waals surface area contributed by atoms with Crippen molar-refractivity contribution in [3.63, 3.8) is 0 Å². The molecule has 0 amide bonds. The SMILES string of the molecule is CCC(C)C1(CCOc2cccc(CC(=O)O)c2)CCN(c2ncc(-c3ccccc3)cn2)CC1. The first kappa shape index (κ1) is 24.7. The Morgan fingerprint density at radius 1 is 1.06 bits per heavy atom. The molecule has 1 aliphatic rings. The van der Waals surface area contributed by atoms with E-state index in [1.165, 1.54) is 0 Å².